The van der Waals surface area contributed by atoms with Gasteiger partial charge in [0, 0.05) is 12.4 Å². The average Bonchev–Trinajstić information content (AvgIpc) is 2.40. The Balaban J connectivity index is 2.07. The Morgan fingerprint density at radius 2 is 2.06 bits per heavy atom. The first-order valence-electron chi connectivity index (χ1n) is 6.41. The lowest BCUT2D eigenvalue weighted by Gasteiger charge is -2.30. The van der Waals surface area contributed by atoms with E-state index in [1.54, 1.807) is 0 Å². The van der Waals surface area contributed by atoms with Crippen LogP contribution < -0.4 is 10.6 Å². The number of hydrogen-bond donors (Lipinski definition) is 2. The van der Waals surface area contributed by atoms with Crippen molar-refractivity contribution in [2.24, 2.45) is 0 Å². The molecule has 1 aliphatic rings. The third kappa shape index (κ3) is 2.96. The fraction of sp³-hybridized carbons (Fsp3) is 0.500. The molecule has 0 heterocycles. The number of urea groups is 1. The van der Waals surface area contributed by atoms with Crippen LogP contribution in [-0.2, 0) is 0 Å². The second-order valence-electron chi connectivity index (χ2n) is 4.75. The minimum absolute atomic E-state index is 0.118. The summed E-state index contributed by atoms with van der Waals surface area (Å²) in [5, 5.41) is 5.76. The predicted molar refractivity (Wildman–Crippen MR) is 74.1 cm³/mol. The Labute approximate surface area is 113 Å². The number of carbonyl (C=O) groups is 1. The highest BCUT2D eigenvalue weighted by atomic mass is 35.5. The molecule has 4 heteroatoms. The first-order chi connectivity index (χ1) is 8.72. The molecule has 2 rings (SSSR count). The third-order valence-electron chi connectivity index (χ3n) is 3.48. The molecule has 18 heavy (non-hydrogen) atoms. The minimum atomic E-state index is -0.134. The van der Waals surface area contributed by atoms with Crippen molar-refractivity contribution in [1.29, 1.82) is 0 Å². The van der Waals surface area contributed by atoms with Crippen LogP contribution in [0, 0.1) is 0 Å². The van der Waals surface area contributed by atoms with Gasteiger partial charge in [-0.2, -0.15) is 0 Å². The second-order valence-corrected chi connectivity index (χ2v) is 5.13. The molecule has 2 N–H and O–H groups in total. The predicted octanol–water partition coefficient (Wildman–Crippen LogP) is 3.16. The number of halogens is 1. The van der Waals surface area contributed by atoms with Crippen molar-refractivity contribution >= 4 is 17.6 Å². The smallest absolute Gasteiger partial charge is 0.315 e. The largest absolute Gasteiger partial charge is 0.337 e. The van der Waals surface area contributed by atoms with E-state index in [-0.39, 0.29) is 12.1 Å². The zero-order chi connectivity index (χ0) is 13.0. The molecule has 1 aromatic carbocycles. The molecule has 2 atom stereocenters. The van der Waals surface area contributed by atoms with Gasteiger partial charge in [0.05, 0.1) is 6.04 Å². The van der Waals surface area contributed by atoms with Gasteiger partial charge in [-0.1, -0.05) is 31.2 Å². The number of nitrogens with one attached hydrogen (secondary N) is 2. The van der Waals surface area contributed by atoms with Gasteiger partial charge in [0.25, 0.3) is 0 Å². The van der Waals surface area contributed by atoms with Gasteiger partial charge < -0.3 is 10.6 Å². The normalized spacial score (nSPS) is 22.1. The summed E-state index contributed by atoms with van der Waals surface area (Å²) in [5.74, 6) is 1.01. The average molecular weight is 267 g/mol. The zero-order valence-electron chi connectivity index (χ0n) is 10.6. The number of carbonyl (C=O) groups excluding carboxylic acids is 1. The van der Waals surface area contributed by atoms with Crippen LogP contribution in [0.25, 0.3) is 0 Å². The molecule has 1 aliphatic carbocycles. The molecule has 0 fully saturated rings. The molecule has 0 spiro atoms. The first kappa shape index (κ1) is 13.2. The van der Waals surface area contributed by atoms with Crippen molar-refractivity contribution in [3.05, 3.63) is 35.4 Å². The van der Waals surface area contributed by atoms with E-state index in [2.05, 4.69) is 35.8 Å². The van der Waals surface area contributed by atoms with Crippen molar-refractivity contribution in [3.63, 3.8) is 0 Å². The Morgan fingerprint density at radius 3 is 2.78 bits per heavy atom. The molecule has 0 saturated heterocycles. The SMILES string of the molecule is CC1CCC(NC(=O)NCCCl)c2ccccc21. The molecule has 98 valence electrons. The number of amides is 2. The van der Waals surface area contributed by atoms with Crippen LogP contribution in [0.3, 0.4) is 0 Å². The third-order valence-corrected chi connectivity index (χ3v) is 3.67. The van der Waals surface area contributed by atoms with Crippen LogP contribution >= 0.6 is 11.6 Å². The highest BCUT2D eigenvalue weighted by Crippen LogP contribution is 2.36. The number of rotatable bonds is 3. The summed E-state index contributed by atoms with van der Waals surface area (Å²) in [7, 11) is 0. The van der Waals surface area contributed by atoms with Crippen LogP contribution in [-0.4, -0.2) is 18.5 Å². The van der Waals surface area contributed by atoms with Crippen molar-refractivity contribution in [2.75, 3.05) is 12.4 Å². The van der Waals surface area contributed by atoms with E-state index in [0.29, 0.717) is 18.3 Å². The highest BCUT2D eigenvalue weighted by Gasteiger charge is 2.25. The topological polar surface area (TPSA) is 41.1 Å². The molecule has 3 nitrogen and oxygen atoms in total. The van der Waals surface area contributed by atoms with E-state index in [9.17, 15) is 4.79 Å². The maximum atomic E-state index is 11.7. The summed E-state index contributed by atoms with van der Waals surface area (Å²) in [6.45, 7) is 2.74. The first-order valence-corrected chi connectivity index (χ1v) is 6.95. The summed E-state index contributed by atoms with van der Waals surface area (Å²) >= 11 is 5.55. The fourth-order valence-corrected chi connectivity index (χ4v) is 2.62. The molecule has 0 aromatic heterocycles. The standard InChI is InChI=1S/C14H19ClN2O/c1-10-6-7-13(17-14(18)16-9-8-15)12-5-3-2-4-11(10)12/h2-5,10,13H,6-9H2,1H3,(H2,16,17,18). The number of alkyl halides is 1. The van der Waals surface area contributed by atoms with Crippen molar-refractivity contribution in [3.8, 4) is 0 Å². The second kappa shape index (κ2) is 6.10. The van der Waals surface area contributed by atoms with E-state index < -0.39 is 0 Å². The van der Waals surface area contributed by atoms with E-state index in [1.165, 1.54) is 11.1 Å². The van der Waals surface area contributed by atoms with Gasteiger partial charge in [-0.05, 0) is 29.9 Å². The van der Waals surface area contributed by atoms with Crippen LogP contribution in [0.1, 0.15) is 42.9 Å². The molecular weight excluding hydrogens is 248 g/mol. The maximum Gasteiger partial charge on any atom is 0.315 e. The number of fused-ring (bicyclic) bond motifs is 1. The van der Waals surface area contributed by atoms with Crippen LogP contribution in [0.2, 0.25) is 0 Å². The van der Waals surface area contributed by atoms with Crippen molar-refractivity contribution < 1.29 is 4.79 Å². The Hall–Kier alpha value is -1.22. The molecule has 1 aromatic rings. The lowest BCUT2D eigenvalue weighted by molar-refractivity contribution is 0.235. The van der Waals surface area contributed by atoms with Gasteiger partial charge in [-0.25, -0.2) is 4.79 Å². The Kier molecular flexibility index (Phi) is 4.48. The molecule has 0 radical (unpaired) electrons. The lowest BCUT2D eigenvalue weighted by Crippen LogP contribution is -2.40. The van der Waals surface area contributed by atoms with Gasteiger partial charge >= 0.3 is 6.03 Å². The molecule has 0 aliphatic heterocycles. The van der Waals surface area contributed by atoms with E-state index >= 15 is 0 Å². The van der Waals surface area contributed by atoms with Crippen LogP contribution in [0.5, 0.6) is 0 Å². The van der Waals surface area contributed by atoms with Gasteiger partial charge in [0.15, 0.2) is 0 Å². The van der Waals surface area contributed by atoms with E-state index in [1.807, 2.05) is 6.07 Å². The van der Waals surface area contributed by atoms with Crippen LogP contribution in [0.15, 0.2) is 24.3 Å². The number of hydrogen-bond acceptors (Lipinski definition) is 1. The van der Waals surface area contributed by atoms with Crippen LogP contribution in [0.4, 0.5) is 4.79 Å². The van der Waals surface area contributed by atoms with Gasteiger partial charge in [-0.3, -0.25) is 0 Å². The van der Waals surface area contributed by atoms with Gasteiger partial charge in [0.2, 0.25) is 0 Å². The molecule has 2 amide bonds. The van der Waals surface area contributed by atoms with Crippen molar-refractivity contribution in [2.45, 2.75) is 31.7 Å². The number of benzene rings is 1. The fourth-order valence-electron chi connectivity index (χ4n) is 2.52. The zero-order valence-corrected chi connectivity index (χ0v) is 11.3. The quantitative estimate of drug-likeness (QED) is 0.811. The summed E-state index contributed by atoms with van der Waals surface area (Å²) in [4.78, 5) is 11.7. The van der Waals surface area contributed by atoms with E-state index in [4.69, 9.17) is 11.6 Å². The summed E-state index contributed by atoms with van der Waals surface area (Å²) in [6.07, 6.45) is 2.10. The molecule has 2 unspecified atom stereocenters. The van der Waals surface area contributed by atoms with Crippen molar-refractivity contribution in [1.82, 2.24) is 10.6 Å². The Bertz CT molecular complexity index is 422. The molecular formula is C14H19ClN2O. The molecule has 0 saturated carbocycles. The highest BCUT2D eigenvalue weighted by molar-refractivity contribution is 6.18. The van der Waals surface area contributed by atoms with E-state index in [0.717, 1.165) is 12.8 Å². The maximum absolute atomic E-state index is 11.7. The Morgan fingerprint density at radius 1 is 1.33 bits per heavy atom. The van der Waals surface area contributed by atoms with Gasteiger partial charge in [0.1, 0.15) is 0 Å². The summed E-state index contributed by atoms with van der Waals surface area (Å²) in [5.41, 5.74) is 2.60. The summed E-state index contributed by atoms with van der Waals surface area (Å²) < 4.78 is 0. The summed E-state index contributed by atoms with van der Waals surface area (Å²) in [6, 6.07) is 8.34. The monoisotopic (exact) mass is 266 g/mol. The minimum Gasteiger partial charge on any atom is -0.337 e. The molecule has 0 bridgehead atoms. The van der Waals surface area contributed by atoms with Gasteiger partial charge in [-0.15, -0.1) is 11.6 Å². The lowest BCUT2D eigenvalue weighted by atomic mass is 9.81.